The summed E-state index contributed by atoms with van der Waals surface area (Å²) in [6.07, 6.45) is 2.05. The first-order valence-electron chi connectivity index (χ1n) is 11.3. The fraction of sp³-hybridized carbons (Fsp3) is 0.423. The Morgan fingerprint density at radius 2 is 1.53 bits per heavy atom. The third-order valence-corrected chi connectivity index (χ3v) is 7.78. The molecule has 1 aliphatic heterocycles. The molecule has 2 bridgehead atoms. The van der Waals surface area contributed by atoms with Crippen molar-refractivity contribution in [1.82, 2.24) is 0 Å². The van der Waals surface area contributed by atoms with E-state index in [2.05, 4.69) is 19.2 Å². The standard InChI is InChI=1S/C26H28N2O4/c1-4-32-18-11-7-16(8-12-18)27-23(29)15-5-9-17(10-6-15)28-24(30)21-19-13-14-20(26(19,2)3)22(21)25(28)31/h5-12,19-22H,4,13-14H2,1-3H3,(H,27,29)/t19-,20-,21-,22-/m1/s1. The summed E-state index contributed by atoms with van der Waals surface area (Å²) in [5.74, 6) is 0.501. The predicted octanol–water partition coefficient (Wildman–Crippen LogP) is 4.51. The number of benzene rings is 2. The molecule has 2 aliphatic carbocycles. The minimum Gasteiger partial charge on any atom is -0.494 e. The quantitative estimate of drug-likeness (QED) is 0.706. The molecule has 32 heavy (non-hydrogen) atoms. The van der Waals surface area contributed by atoms with E-state index >= 15 is 0 Å². The molecule has 3 aliphatic rings. The number of imide groups is 1. The highest BCUT2D eigenvalue weighted by Gasteiger charge is 2.68. The van der Waals surface area contributed by atoms with Crippen LogP contribution in [0.1, 0.15) is 44.0 Å². The molecule has 6 heteroatoms. The van der Waals surface area contributed by atoms with E-state index in [-0.39, 0.29) is 46.8 Å². The monoisotopic (exact) mass is 432 g/mol. The first kappa shape index (κ1) is 20.7. The van der Waals surface area contributed by atoms with Crippen molar-refractivity contribution in [3.8, 4) is 5.75 Å². The lowest BCUT2D eigenvalue weighted by Crippen LogP contribution is -2.36. The van der Waals surface area contributed by atoms with E-state index in [0.29, 0.717) is 23.5 Å². The largest absolute Gasteiger partial charge is 0.494 e. The van der Waals surface area contributed by atoms with E-state index in [9.17, 15) is 14.4 Å². The van der Waals surface area contributed by atoms with Gasteiger partial charge in [-0.3, -0.25) is 19.3 Å². The minimum absolute atomic E-state index is 0.0511. The maximum absolute atomic E-state index is 13.2. The van der Waals surface area contributed by atoms with E-state index in [1.807, 2.05) is 6.92 Å². The molecule has 3 amide bonds. The number of rotatable bonds is 5. The number of amides is 3. The molecule has 2 aromatic rings. The number of anilines is 2. The van der Waals surface area contributed by atoms with Gasteiger partial charge in [0.05, 0.1) is 24.1 Å². The molecule has 0 radical (unpaired) electrons. The predicted molar refractivity (Wildman–Crippen MR) is 121 cm³/mol. The Morgan fingerprint density at radius 1 is 0.969 bits per heavy atom. The summed E-state index contributed by atoms with van der Waals surface area (Å²) in [4.78, 5) is 40.4. The average molecular weight is 433 g/mol. The van der Waals surface area contributed by atoms with E-state index < -0.39 is 0 Å². The Labute approximate surface area is 187 Å². The summed E-state index contributed by atoms with van der Waals surface area (Å²) in [5, 5.41) is 2.85. The van der Waals surface area contributed by atoms with E-state index in [0.717, 1.165) is 18.6 Å². The van der Waals surface area contributed by atoms with Crippen molar-refractivity contribution < 1.29 is 19.1 Å². The molecule has 166 valence electrons. The van der Waals surface area contributed by atoms with Gasteiger partial charge >= 0.3 is 0 Å². The third kappa shape index (κ3) is 3.04. The minimum atomic E-state index is -0.253. The van der Waals surface area contributed by atoms with Gasteiger partial charge in [0.1, 0.15) is 5.75 Å². The number of ether oxygens (including phenoxy) is 1. The van der Waals surface area contributed by atoms with Gasteiger partial charge in [-0.15, -0.1) is 0 Å². The Morgan fingerprint density at radius 3 is 2.06 bits per heavy atom. The second-order valence-corrected chi connectivity index (χ2v) is 9.63. The average Bonchev–Trinajstić information content (AvgIpc) is 3.31. The van der Waals surface area contributed by atoms with Crippen LogP contribution in [0.2, 0.25) is 0 Å². The van der Waals surface area contributed by atoms with Crippen LogP contribution in [-0.4, -0.2) is 24.3 Å². The highest BCUT2D eigenvalue weighted by atomic mass is 16.5. The molecule has 1 N–H and O–H groups in total. The Balaban J connectivity index is 1.30. The molecule has 2 aromatic carbocycles. The van der Waals surface area contributed by atoms with Gasteiger partial charge in [0.25, 0.3) is 5.91 Å². The zero-order chi connectivity index (χ0) is 22.6. The Kier molecular flexibility index (Phi) is 4.84. The molecule has 5 rings (SSSR count). The van der Waals surface area contributed by atoms with Gasteiger partial charge < -0.3 is 10.1 Å². The van der Waals surface area contributed by atoms with Gasteiger partial charge in [-0.05, 0) is 85.5 Å². The second-order valence-electron chi connectivity index (χ2n) is 9.63. The van der Waals surface area contributed by atoms with Crippen molar-refractivity contribution in [2.24, 2.45) is 29.1 Å². The van der Waals surface area contributed by atoms with Gasteiger partial charge in [-0.25, -0.2) is 0 Å². The number of carbonyl (C=O) groups excluding carboxylic acids is 3. The molecule has 1 heterocycles. The number of carbonyl (C=O) groups is 3. The number of nitrogens with one attached hydrogen (secondary N) is 1. The van der Waals surface area contributed by atoms with Crippen molar-refractivity contribution >= 4 is 29.1 Å². The molecule has 1 saturated heterocycles. The zero-order valence-electron chi connectivity index (χ0n) is 18.6. The lowest BCUT2D eigenvalue weighted by Gasteiger charge is -2.28. The normalized spacial score (nSPS) is 27.5. The van der Waals surface area contributed by atoms with Crippen molar-refractivity contribution in [3.63, 3.8) is 0 Å². The number of hydrogen-bond donors (Lipinski definition) is 1. The van der Waals surface area contributed by atoms with Crippen LogP contribution in [0.3, 0.4) is 0 Å². The van der Waals surface area contributed by atoms with Crippen LogP contribution in [0.4, 0.5) is 11.4 Å². The van der Waals surface area contributed by atoms with Gasteiger partial charge in [0.2, 0.25) is 11.8 Å². The number of fused-ring (bicyclic) bond motifs is 5. The van der Waals surface area contributed by atoms with Gasteiger partial charge in [0, 0.05) is 11.3 Å². The van der Waals surface area contributed by atoms with Gasteiger partial charge in [0.15, 0.2) is 0 Å². The molecule has 6 nitrogen and oxygen atoms in total. The van der Waals surface area contributed by atoms with Crippen molar-refractivity contribution in [2.45, 2.75) is 33.6 Å². The van der Waals surface area contributed by atoms with E-state index in [1.165, 1.54) is 4.90 Å². The maximum Gasteiger partial charge on any atom is 0.255 e. The molecule has 0 spiro atoms. The lowest BCUT2D eigenvalue weighted by atomic mass is 9.79. The summed E-state index contributed by atoms with van der Waals surface area (Å²) >= 11 is 0. The van der Waals surface area contributed by atoms with Crippen LogP contribution in [0.15, 0.2) is 48.5 Å². The highest BCUT2D eigenvalue weighted by Crippen LogP contribution is 2.65. The van der Waals surface area contributed by atoms with Gasteiger partial charge in [-0.2, -0.15) is 0 Å². The van der Waals surface area contributed by atoms with Crippen LogP contribution in [0.5, 0.6) is 5.75 Å². The molecule has 2 saturated carbocycles. The van der Waals surface area contributed by atoms with Gasteiger partial charge in [-0.1, -0.05) is 13.8 Å². The van der Waals surface area contributed by atoms with E-state index in [1.54, 1.807) is 48.5 Å². The smallest absolute Gasteiger partial charge is 0.255 e. The highest BCUT2D eigenvalue weighted by molar-refractivity contribution is 6.22. The van der Waals surface area contributed by atoms with Crippen molar-refractivity contribution in [1.29, 1.82) is 0 Å². The summed E-state index contributed by atoms with van der Waals surface area (Å²) in [7, 11) is 0. The van der Waals surface area contributed by atoms with Crippen molar-refractivity contribution in [2.75, 3.05) is 16.8 Å². The molecule has 0 aromatic heterocycles. The zero-order valence-corrected chi connectivity index (χ0v) is 18.6. The van der Waals surface area contributed by atoms with Crippen LogP contribution >= 0.6 is 0 Å². The summed E-state index contributed by atoms with van der Waals surface area (Å²) in [6, 6.07) is 13.9. The Hall–Kier alpha value is -3.15. The molecule has 0 unspecified atom stereocenters. The summed E-state index contributed by atoms with van der Waals surface area (Å²) < 4.78 is 5.41. The Bertz CT molecular complexity index is 1040. The molecular weight excluding hydrogens is 404 g/mol. The van der Waals surface area contributed by atoms with Crippen LogP contribution < -0.4 is 15.0 Å². The molecule has 4 atom stereocenters. The number of nitrogens with zero attached hydrogens (tertiary/aromatic N) is 1. The summed E-state index contributed by atoms with van der Waals surface area (Å²) in [6.45, 7) is 6.91. The number of hydrogen-bond acceptors (Lipinski definition) is 4. The molecule has 3 fully saturated rings. The fourth-order valence-corrected chi connectivity index (χ4v) is 6.24. The second kappa shape index (κ2) is 7.47. The van der Waals surface area contributed by atoms with Crippen LogP contribution in [-0.2, 0) is 9.59 Å². The third-order valence-electron chi connectivity index (χ3n) is 7.78. The van der Waals surface area contributed by atoms with Crippen LogP contribution in [0, 0.1) is 29.1 Å². The van der Waals surface area contributed by atoms with Crippen molar-refractivity contribution in [3.05, 3.63) is 54.1 Å². The maximum atomic E-state index is 13.2. The first-order chi connectivity index (χ1) is 15.3. The van der Waals surface area contributed by atoms with E-state index in [4.69, 9.17) is 4.74 Å². The molecular formula is C26H28N2O4. The lowest BCUT2D eigenvalue weighted by molar-refractivity contribution is -0.124. The van der Waals surface area contributed by atoms with Crippen LogP contribution in [0.25, 0.3) is 0 Å². The first-order valence-corrected chi connectivity index (χ1v) is 11.3. The SMILES string of the molecule is CCOc1ccc(NC(=O)c2ccc(N3C(=O)[C@H]4[C@H](C3=O)[C@H]3CC[C@H]4C3(C)C)cc2)cc1. The fourth-order valence-electron chi connectivity index (χ4n) is 6.24. The topological polar surface area (TPSA) is 75.7 Å². The summed E-state index contributed by atoms with van der Waals surface area (Å²) in [5.41, 5.74) is 1.72.